The van der Waals surface area contributed by atoms with Crippen molar-refractivity contribution in [3.63, 3.8) is 0 Å². The predicted molar refractivity (Wildman–Crippen MR) is 84.0 cm³/mol. The van der Waals surface area contributed by atoms with Crippen molar-refractivity contribution in [1.82, 2.24) is 15.3 Å². The van der Waals surface area contributed by atoms with Crippen molar-refractivity contribution in [3.05, 3.63) is 65.3 Å². The van der Waals surface area contributed by atoms with E-state index in [9.17, 15) is 5.11 Å². The monoisotopic (exact) mass is 297 g/mol. The molecule has 0 atom stereocenters. The molecule has 0 radical (unpaired) electrons. The van der Waals surface area contributed by atoms with E-state index in [0.717, 1.165) is 28.5 Å². The van der Waals surface area contributed by atoms with Gasteiger partial charge in [-0.3, -0.25) is 4.98 Å². The first-order valence-corrected chi connectivity index (χ1v) is 7.54. The second-order valence-electron chi connectivity index (χ2n) is 4.63. The number of phenolic OH excluding ortho intramolecular Hbond substituents is 1. The molecule has 0 bridgehead atoms. The molecule has 0 fully saturated rings. The molecule has 0 unspecified atom stereocenters. The van der Waals surface area contributed by atoms with Gasteiger partial charge in [0, 0.05) is 24.7 Å². The number of pyridine rings is 1. The molecular formula is C16H15N3OS. The molecule has 2 aromatic heterocycles. The minimum absolute atomic E-state index is 0.290. The van der Waals surface area contributed by atoms with Gasteiger partial charge in [0.05, 0.1) is 11.4 Å². The number of thiazole rings is 1. The standard InChI is InChI=1S/C16H15N3OS/c20-14-6-4-12(5-7-14)9-17-10-13-11-21-16(19-13)15-3-1-2-8-18-15/h1-8,11,17,20H,9-10H2. The average molecular weight is 297 g/mol. The molecule has 0 amide bonds. The maximum atomic E-state index is 9.24. The molecule has 0 saturated carbocycles. The molecule has 106 valence electrons. The number of aromatic hydroxyl groups is 1. The van der Waals surface area contributed by atoms with Crippen molar-refractivity contribution in [2.75, 3.05) is 0 Å². The highest BCUT2D eigenvalue weighted by atomic mass is 32.1. The van der Waals surface area contributed by atoms with Gasteiger partial charge in [-0.2, -0.15) is 0 Å². The SMILES string of the molecule is Oc1ccc(CNCc2csc(-c3ccccn3)n2)cc1. The van der Waals surface area contributed by atoms with Crippen molar-refractivity contribution in [3.8, 4) is 16.5 Å². The maximum Gasteiger partial charge on any atom is 0.142 e. The van der Waals surface area contributed by atoms with E-state index in [2.05, 4.69) is 15.3 Å². The summed E-state index contributed by atoms with van der Waals surface area (Å²) in [6.07, 6.45) is 1.78. The van der Waals surface area contributed by atoms with Crippen LogP contribution in [0.15, 0.2) is 54.0 Å². The molecule has 0 aliphatic rings. The lowest BCUT2D eigenvalue weighted by molar-refractivity contribution is 0.475. The van der Waals surface area contributed by atoms with Crippen LogP contribution >= 0.6 is 11.3 Å². The Morgan fingerprint density at radius 2 is 1.90 bits per heavy atom. The molecule has 0 saturated heterocycles. The topological polar surface area (TPSA) is 58.0 Å². The minimum atomic E-state index is 0.290. The van der Waals surface area contributed by atoms with Gasteiger partial charge >= 0.3 is 0 Å². The highest BCUT2D eigenvalue weighted by Crippen LogP contribution is 2.21. The summed E-state index contributed by atoms with van der Waals surface area (Å²) in [6, 6.07) is 13.0. The van der Waals surface area contributed by atoms with Crippen molar-refractivity contribution in [1.29, 1.82) is 0 Å². The van der Waals surface area contributed by atoms with E-state index < -0.39 is 0 Å². The largest absolute Gasteiger partial charge is 0.508 e. The van der Waals surface area contributed by atoms with Crippen LogP contribution in [0.4, 0.5) is 0 Å². The summed E-state index contributed by atoms with van der Waals surface area (Å²) in [5, 5.41) is 15.6. The number of hydrogen-bond acceptors (Lipinski definition) is 5. The summed E-state index contributed by atoms with van der Waals surface area (Å²) < 4.78 is 0. The third-order valence-corrected chi connectivity index (χ3v) is 3.92. The van der Waals surface area contributed by atoms with Crippen LogP contribution in [0.3, 0.4) is 0 Å². The Morgan fingerprint density at radius 1 is 1.05 bits per heavy atom. The van der Waals surface area contributed by atoms with E-state index in [1.54, 1.807) is 29.7 Å². The van der Waals surface area contributed by atoms with Crippen LogP contribution in [0, 0.1) is 0 Å². The van der Waals surface area contributed by atoms with E-state index in [1.165, 1.54) is 0 Å². The smallest absolute Gasteiger partial charge is 0.142 e. The number of aromatic nitrogens is 2. The van der Waals surface area contributed by atoms with Crippen molar-refractivity contribution in [2.45, 2.75) is 13.1 Å². The molecule has 0 spiro atoms. The lowest BCUT2D eigenvalue weighted by Crippen LogP contribution is -2.12. The zero-order valence-corrected chi connectivity index (χ0v) is 12.2. The van der Waals surface area contributed by atoms with Crippen LogP contribution in [0.2, 0.25) is 0 Å². The quantitative estimate of drug-likeness (QED) is 0.759. The van der Waals surface area contributed by atoms with Gasteiger partial charge in [0.1, 0.15) is 10.8 Å². The number of rotatable bonds is 5. The van der Waals surface area contributed by atoms with Gasteiger partial charge in [-0.1, -0.05) is 18.2 Å². The Labute approximate surface area is 127 Å². The van der Waals surface area contributed by atoms with Gasteiger partial charge in [-0.15, -0.1) is 11.3 Å². The molecule has 2 N–H and O–H groups in total. The molecule has 5 heteroatoms. The Morgan fingerprint density at radius 3 is 2.67 bits per heavy atom. The zero-order chi connectivity index (χ0) is 14.5. The second kappa shape index (κ2) is 6.47. The molecule has 0 aliphatic carbocycles. The summed E-state index contributed by atoms with van der Waals surface area (Å²) in [4.78, 5) is 8.88. The summed E-state index contributed by atoms with van der Waals surface area (Å²) in [6.45, 7) is 1.46. The van der Waals surface area contributed by atoms with Gasteiger partial charge in [0.2, 0.25) is 0 Å². The number of benzene rings is 1. The second-order valence-corrected chi connectivity index (χ2v) is 5.49. The maximum absolute atomic E-state index is 9.24. The number of phenols is 1. The molecule has 21 heavy (non-hydrogen) atoms. The summed E-state index contributed by atoms with van der Waals surface area (Å²) >= 11 is 1.60. The van der Waals surface area contributed by atoms with Crippen molar-refractivity contribution in [2.24, 2.45) is 0 Å². The fourth-order valence-electron chi connectivity index (χ4n) is 1.94. The number of hydrogen-bond donors (Lipinski definition) is 2. The van der Waals surface area contributed by atoms with Gasteiger partial charge in [-0.05, 0) is 29.8 Å². The normalized spacial score (nSPS) is 10.7. The summed E-state index contributed by atoms with van der Waals surface area (Å²) in [5.41, 5.74) is 3.06. The third-order valence-electron chi connectivity index (χ3n) is 3.01. The summed E-state index contributed by atoms with van der Waals surface area (Å²) in [5.74, 6) is 0.290. The Balaban J connectivity index is 1.57. The van der Waals surface area contributed by atoms with E-state index >= 15 is 0 Å². The molecule has 3 rings (SSSR count). The Hall–Kier alpha value is -2.24. The molecular weight excluding hydrogens is 282 g/mol. The van der Waals surface area contributed by atoms with Gasteiger partial charge in [0.25, 0.3) is 0 Å². The third kappa shape index (κ3) is 3.65. The van der Waals surface area contributed by atoms with Crippen LogP contribution in [0.1, 0.15) is 11.3 Å². The lowest BCUT2D eigenvalue weighted by Gasteiger charge is -2.03. The Bertz CT molecular complexity index is 695. The molecule has 1 aromatic carbocycles. The van der Waals surface area contributed by atoms with Crippen molar-refractivity contribution < 1.29 is 5.11 Å². The number of nitrogens with one attached hydrogen (secondary N) is 1. The van der Waals surface area contributed by atoms with E-state index in [-0.39, 0.29) is 0 Å². The van der Waals surface area contributed by atoms with Gasteiger partial charge in [0.15, 0.2) is 0 Å². The van der Waals surface area contributed by atoms with Crippen LogP contribution in [0.5, 0.6) is 5.75 Å². The first-order valence-electron chi connectivity index (χ1n) is 6.66. The van der Waals surface area contributed by atoms with Crippen LogP contribution in [-0.4, -0.2) is 15.1 Å². The van der Waals surface area contributed by atoms with Gasteiger partial charge in [-0.25, -0.2) is 4.98 Å². The number of nitrogens with zero attached hydrogens (tertiary/aromatic N) is 2. The zero-order valence-electron chi connectivity index (χ0n) is 11.4. The minimum Gasteiger partial charge on any atom is -0.508 e. The first kappa shape index (κ1) is 13.7. The van der Waals surface area contributed by atoms with Crippen LogP contribution in [-0.2, 0) is 13.1 Å². The van der Waals surface area contributed by atoms with Crippen LogP contribution < -0.4 is 5.32 Å². The van der Waals surface area contributed by atoms with Gasteiger partial charge < -0.3 is 10.4 Å². The molecule has 3 aromatic rings. The highest BCUT2D eigenvalue weighted by molar-refractivity contribution is 7.13. The van der Waals surface area contributed by atoms with Crippen molar-refractivity contribution >= 4 is 11.3 Å². The van der Waals surface area contributed by atoms with E-state index in [4.69, 9.17) is 0 Å². The first-order chi connectivity index (χ1) is 10.3. The Kier molecular flexibility index (Phi) is 4.23. The van der Waals surface area contributed by atoms with E-state index in [0.29, 0.717) is 12.3 Å². The van der Waals surface area contributed by atoms with E-state index in [1.807, 2.05) is 35.7 Å². The summed E-state index contributed by atoms with van der Waals surface area (Å²) in [7, 11) is 0. The average Bonchev–Trinajstić information content (AvgIpc) is 2.99. The fraction of sp³-hybridized carbons (Fsp3) is 0.125. The molecule has 4 nitrogen and oxygen atoms in total. The predicted octanol–water partition coefficient (Wildman–Crippen LogP) is 3.20. The molecule has 2 heterocycles. The molecule has 0 aliphatic heterocycles. The van der Waals surface area contributed by atoms with Crippen LogP contribution in [0.25, 0.3) is 10.7 Å². The highest BCUT2D eigenvalue weighted by Gasteiger charge is 2.05. The lowest BCUT2D eigenvalue weighted by atomic mass is 10.2. The fourth-order valence-corrected chi connectivity index (χ4v) is 2.74.